The lowest BCUT2D eigenvalue weighted by molar-refractivity contribution is 0.0953. The number of rotatable bonds is 4. The van der Waals surface area contributed by atoms with Crippen molar-refractivity contribution >= 4 is 18.1 Å². The zero-order valence-electron chi connectivity index (χ0n) is 12.9. The lowest BCUT2D eigenvalue weighted by Crippen LogP contribution is -2.29. The Morgan fingerprint density at radius 1 is 1.35 bits per heavy atom. The second-order valence-corrected chi connectivity index (χ2v) is 4.81. The van der Waals surface area contributed by atoms with E-state index in [2.05, 4.69) is 9.98 Å². The maximum atomic E-state index is 13.9. The molecule has 120 valence electrons. The lowest BCUT2D eigenvalue weighted by Gasteiger charge is -2.06. The summed E-state index contributed by atoms with van der Waals surface area (Å²) in [5, 5.41) is 0. The normalized spacial score (nSPS) is 10.8. The van der Waals surface area contributed by atoms with E-state index in [-0.39, 0.29) is 11.4 Å². The van der Waals surface area contributed by atoms with Gasteiger partial charge in [0.25, 0.3) is 5.91 Å². The average Bonchev–Trinajstić information content (AvgIpc) is 2.54. The highest BCUT2D eigenvalue weighted by molar-refractivity contribution is 5.95. The molecule has 1 aromatic heterocycles. The highest BCUT2D eigenvalue weighted by Gasteiger charge is 2.15. The van der Waals surface area contributed by atoms with Crippen LogP contribution in [0.5, 0.6) is 5.75 Å². The summed E-state index contributed by atoms with van der Waals surface area (Å²) in [5.74, 6) is -1.37. The van der Waals surface area contributed by atoms with Crippen molar-refractivity contribution in [1.29, 1.82) is 0 Å². The molecule has 0 bridgehead atoms. The van der Waals surface area contributed by atoms with Gasteiger partial charge in [-0.05, 0) is 24.3 Å². The van der Waals surface area contributed by atoms with Gasteiger partial charge in [-0.2, -0.15) is 4.98 Å². The van der Waals surface area contributed by atoms with Crippen molar-refractivity contribution in [3.05, 3.63) is 52.3 Å². The molecule has 0 spiro atoms. The molecule has 0 atom stereocenters. The molecule has 1 heterocycles. The smallest absolute Gasteiger partial charge is 0.356 e. The summed E-state index contributed by atoms with van der Waals surface area (Å²) in [6, 6.07) is 6.09. The summed E-state index contributed by atoms with van der Waals surface area (Å²) in [5.41, 5.74) is -0.697. The van der Waals surface area contributed by atoms with E-state index in [9.17, 15) is 14.0 Å². The molecule has 1 aromatic carbocycles. The Hall–Kier alpha value is -3.03. The van der Waals surface area contributed by atoms with Gasteiger partial charge >= 0.3 is 5.69 Å². The maximum absolute atomic E-state index is 13.9. The summed E-state index contributed by atoms with van der Waals surface area (Å²) < 4.78 is 19.5. The van der Waals surface area contributed by atoms with Crippen LogP contribution in [0.25, 0.3) is 0 Å². The van der Waals surface area contributed by atoms with Crippen LogP contribution in [-0.4, -0.2) is 47.9 Å². The van der Waals surface area contributed by atoms with Crippen LogP contribution in [0.3, 0.4) is 0 Å². The van der Waals surface area contributed by atoms with Gasteiger partial charge in [0.1, 0.15) is 5.75 Å². The predicted molar refractivity (Wildman–Crippen MR) is 83.0 cm³/mol. The highest BCUT2D eigenvalue weighted by atomic mass is 19.1. The largest absolute Gasteiger partial charge is 0.497 e. The van der Waals surface area contributed by atoms with Gasteiger partial charge in [0.2, 0.25) is 0 Å². The number of methoxy groups -OCH3 is 1. The summed E-state index contributed by atoms with van der Waals surface area (Å²) in [4.78, 5) is 33.0. The fourth-order valence-electron chi connectivity index (χ4n) is 1.70. The van der Waals surface area contributed by atoms with Crippen molar-refractivity contribution in [1.82, 2.24) is 14.5 Å². The second-order valence-electron chi connectivity index (χ2n) is 4.81. The molecule has 0 saturated heterocycles. The first-order chi connectivity index (χ1) is 10.9. The number of ether oxygens (including phenoxy) is 1. The van der Waals surface area contributed by atoms with Crippen LogP contribution in [-0.2, 0) is 0 Å². The SMILES string of the molecule is COc1ccc(C(=O)n2cc(F)c(/N=C/N(C)C)nc2=O)cc1. The van der Waals surface area contributed by atoms with Gasteiger partial charge in [-0.3, -0.25) is 4.79 Å². The van der Waals surface area contributed by atoms with E-state index >= 15 is 0 Å². The quantitative estimate of drug-likeness (QED) is 0.627. The molecule has 0 saturated carbocycles. The molecule has 0 radical (unpaired) electrons. The molecule has 2 rings (SSSR count). The third-order valence-corrected chi connectivity index (χ3v) is 2.83. The van der Waals surface area contributed by atoms with Crippen LogP contribution >= 0.6 is 0 Å². The van der Waals surface area contributed by atoms with Crippen LogP contribution in [0.15, 0.2) is 40.2 Å². The number of hydrogen-bond donors (Lipinski definition) is 0. The standard InChI is InChI=1S/C15H15FN4O3/c1-19(2)9-17-13-12(16)8-20(15(22)18-13)14(21)10-4-6-11(23-3)7-5-10/h4-9H,1-3H3/b17-9+. The van der Waals surface area contributed by atoms with Gasteiger partial charge in [-0.15, -0.1) is 0 Å². The zero-order chi connectivity index (χ0) is 17.0. The Labute approximate surface area is 131 Å². The zero-order valence-corrected chi connectivity index (χ0v) is 12.9. The Balaban J connectivity index is 2.37. The van der Waals surface area contributed by atoms with E-state index in [1.807, 2.05) is 0 Å². The van der Waals surface area contributed by atoms with Gasteiger partial charge < -0.3 is 9.64 Å². The summed E-state index contributed by atoms with van der Waals surface area (Å²) in [6.07, 6.45) is 2.09. The molecule has 0 unspecified atom stereocenters. The molecular formula is C15H15FN4O3. The Kier molecular flexibility index (Phi) is 4.85. The molecular weight excluding hydrogens is 303 g/mol. The summed E-state index contributed by atoms with van der Waals surface area (Å²) >= 11 is 0. The monoisotopic (exact) mass is 318 g/mol. The third kappa shape index (κ3) is 3.79. The van der Waals surface area contributed by atoms with Crippen LogP contribution in [0.4, 0.5) is 10.2 Å². The molecule has 23 heavy (non-hydrogen) atoms. The number of halogens is 1. The molecule has 0 N–H and O–H groups in total. The number of benzene rings is 1. The van der Waals surface area contributed by atoms with Crippen molar-refractivity contribution in [2.24, 2.45) is 4.99 Å². The molecule has 0 aliphatic rings. The molecule has 2 aromatic rings. The van der Waals surface area contributed by atoms with Gasteiger partial charge in [0, 0.05) is 19.7 Å². The minimum absolute atomic E-state index is 0.207. The molecule has 0 aliphatic carbocycles. The van der Waals surface area contributed by atoms with E-state index in [0.717, 1.165) is 6.20 Å². The van der Waals surface area contributed by atoms with Crippen molar-refractivity contribution in [3.8, 4) is 5.75 Å². The Morgan fingerprint density at radius 2 is 2.00 bits per heavy atom. The molecule has 8 heteroatoms. The number of nitrogens with zero attached hydrogens (tertiary/aromatic N) is 4. The van der Waals surface area contributed by atoms with E-state index in [4.69, 9.17) is 4.74 Å². The average molecular weight is 318 g/mol. The fraction of sp³-hybridized carbons (Fsp3) is 0.200. The number of carbonyl (C=O) groups excluding carboxylic acids is 1. The fourth-order valence-corrected chi connectivity index (χ4v) is 1.70. The molecule has 0 fully saturated rings. The highest BCUT2D eigenvalue weighted by Crippen LogP contribution is 2.14. The van der Waals surface area contributed by atoms with E-state index in [1.54, 1.807) is 31.1 Å². The summed E-state index contributed by atoms with van der Waals surface area (Å²) in [7, 11) is 4.87. The third-order valence-electron chi connectivity index (χ3n) is 2.83. The molecule has 0 aliphatic heterocycles. The number of hydrogen-bond acceptors (Lipinski definition) is 5. The van der Waals surface area contributed by atoms with Crippen LogP contribution < -0.4 is 10.4 Å². The van der Waals surface area contributed by atoms with Gasteiger partial charge in [-0.1, -0.05) is 0 Å². The van der Waals surface area contributed by atoms with Crippen molar-refractivity contribution in [2.75, 3.05) is 21.2 Å². The van der Waals surface area contributed by atoms with Gasteiger partial charge in [0.05, 0.1) is 19.6 Å². The minimum atomic E-state index is -0.905. The Morgan fingerprint density at radius 3 is 2.57 bits per heavy atom. The van der Waals surface area contributed by atoms with Gasteiger partial charge in [0.15, 0.2) is 11.6 Å². The Bertz CT molecular complexity index is 797. The maximum Gasteiger partial charge on any atom is 0.356 e. The van der Waals surface area contributed by atoms with E-state index in [1.165, 1.54) is 25.6 Å². The van der Waals surface area contributed by atoms with E-state index in [0.29, 0.717) is 10.3 Å². The molecule has 0 amide bonds. The predicted octanol–water partition coefficient (Wildman–Crippen LogP) is 1.30. The van der Waals surface area contributed by atoms with Crippen LogP contribution in [0, 0.1) is 5.82 Å². The minimum Gasteiger partial charge on any atom is -0.497 e. The molecule has 7 nitrogen and oxygen atoms in total. The second kappa shape index (κ2) is 6.82. The first kappa shape index (κ1) is 16.3. The topological polar surface area (TPSA) is 76.8 Å². The van der Waals surface area contributed by atoms with Crippen molar-refractivity contribution in [2.45, 2.75) is 0 Å². The number of aliphatic imine (C=N–C) groups is 1. The van der Waals surface area contributed by atoms with Crippen molar-refractivity contribution < 1.29 is 13.9 Å². The van der Waals surface area contributed by atoms with Crippen LogP contribution in [0.2, 0.25) is 0 Å². The first-order valence-corrected chi connectivity index (χ1v) is 6.61. The lowest BCUT2D eigenvalue weighted by atomic mass is 10.2. The number of carbonyl (C=O) groups is 1. The first-order valence-electron chi connectivity index (χ1n) is 6.61. The van der Waals surface area contributed by atoms with E-state index < -0.39 is 17.4 Å². The number of aromatic nitrogens is 2. The van der Waals surface area contributed by atoms with Crippen LogP contribution in [0.1, 0.15) is 10.4 Å². The van der Waals surface area contributed by atoms with Gasteiger partial charge in [-0.25, -0.2) is 18.7 Å². The van der Waals surface area contributed by atoms with Crippen molar-refractivity contribution in [3.63, 3.8) is 0 Å². The summed E-state index contributed by atoms with van der Waals surface area (Å²) in [6.45, 7) is 0.